The lowest BCUT2D eigenvalue weighted by Gasteiger charge is -2.36. The van der Waals surface area contributed by atoms with Crippen molar-refractivity contribution in [2.45, 2.75) is 46.2 Å². The van der Waals surface area contributed by atoms with Crippen molar-refractivity contribution in [3.05, 3.63) is 177 Å². The summed E-state index contributed by atoms with van der Waals surface area (Å²) in [5.41, 5.74) is 17.1. The molecule has 0 atom stereocenters. The zero-order chi connectivity index (χ0) is 33.3. The summed E-state index contributed by atoms with van der Waals surface area (Å²) in [7, 11) is 0. The molecular formula is C45H40N2O2. The molecule has 0 unspecified atom stereocenters. The molecule has 4 nitrogen and oxygen atoms in total. The third kappa shape index (κ3) is 4.65. The molecular weight excluding hydrogens is 601 g/mol. The Morgan fingerprint density at radius 2 is 0.898 bits per heavy atom. The third-order valence-electron chi connectivity index (χ3n) is 10.7. The van der Waals surface area contributed by atoms with E-state index in [1.54, 1.807) is 0 Å². The molecule has 242 valence electrons. The van der Waals surface area contributed by atoms with Gasteiger partial charge in [0.05, 0.1) is 5.41 Å². The van der Waals surface area contributed by atoms with Crippen LogP contribution in [0.25, 0.3) is 11.1 Å². The van der Waals surface area contributed by atoms with E-state index in [1.165, 1.54) is 66.8 Å². The van der Waals surface area contributed by atoms with E-state index in [2.05, 4.69) is 159 Å². The topological polar surface area (TPSA) is 24.9 Å². The van der Waals surface area contributed by atoms with Crippen LogP contribution in [0.2, 0.25) is 0 Å². The van der Waals surface area contributed by atoms with Crippen LogP contribution in [0, 0.1) is 27.7 Å². The first-order valence-electron chi connectivity index (χ1n) is 17.3. The Balaban J connectivity index is 1.12. The molecule has 0 radical (unpaired) electrons. The quantitative estimate of drug-likeness (QED) is 0.191. The van der Waals surface area contributed by atoms with Crippen molar-refractivity contribution < 1.29 is 9.47 Å². The van der Waals surface area contributed by atoms with Crippen LogP contribution in [0.1, 0.15) is 55.6 Å². The fourth-order valence-electron chi connectivity index (χ4n) is 8.72. The highest BCUT2D eigenvalue weighted by Crippen LogP contribution is 2.56. The predicted octanol–water partition coefficient (Wildman–Crippen LogP) is 10.00. The normalized spacial score (nSPS) is 15.4. The lowest BCUT2D eigenvalue weighted by molar-refractivity contribution is 0.287. The minimum atomic E-state index is -0.456. The second-order valence-electron chi connectivity index (χ2n) is 14.0. The van der Waals surface area contributed by atoms with Gasteiger partial charge in [0, 0.05) is 35.6 Å². The van der Waals surface area contributed by atoms with Crippen LogP contribution < -0.4 is 19.3 Å². The van der Waals surface area contributed by atoms with Gasteiger partial charge in [-0.2, -0.15) is 0 Å². The molecule has 2 aliphatic heterocycles. The fraction of sp³-hybridized carbons (Fsp3) is 0.200. The number of hydrogen-bond donors (Lipinski definition) is 0. The molecule has 4 heteroatoms. The fourth-order valence-corrected chi connectivity index (χ4v) is 8.72. The highest BCUT2D eigenvalue weighted by molar-refractivity contribution is 5.86. The van der Waals surface area contributed by atoms with E-state index in [-0.39, 0.29) is 0 Å². The van der Waals surface area contributed by atoms with Gasteiger partial charge >= 0.3 is 0 Å². The molecule has 49 heavy (non-hydrogen) atoms. The molecule has 0 N–H and O–H groups in total. The lowest BCUT2D eigenvalue weighted by Crippen LogP contribution is -2.33. The molecule has 9 rings (SSSR count). The molecule has 0 aromatic heterocycles. The summed E-state index contributed by atoms with van der Waals surface area (Å²) < 4.78 is 12.6. The van der Waals surface area contributed by atoms with Crippen LogP contribution in [0.4, 0.5) is 11.4 Å². The van der Waals surface area contributed by atoms with Crippen LogP contribution in [-0.4, -0.2) is 13.5 Å². The minimum absolute atomic E-state index is 0.456. The Bertz CT molecular complexity index is 2080. The van der Waals surface area contributed by atoms with Gasteiger partial charge in [0.2, 0.25) is 0 Å². The average Bonchev–Trinajstić information content (AvgIpc) is 3.42. The molecule has 3 aliphatic rings. The summed E-state index contributed by atoms with van der Waals surface area (Å²) in [6, 6.07) is 45.2. The van der Waals surface area contributed by atoms with Crippen molar-refractivity contribution in [2.24, 2.45) is 0 Å². The number of fused-ring (bicyclic) bond motifs is 5. The first kappa shape index (κ1) is 29.6. The standard InChI is InChI=1S/C45H40N2O2/c1-29-21-31(3)43-33(23-29)25-46(27-48-43)37-17-13-35(14-18-37)45(41-11-7-5-9-39(41)40-10-6-8-12-42(40)45)36-15-19-38(20-16-36)47-26-34-24-30(2)22-32(4)44(34)49-28-47/h5-24H,25-28H2,1-4H3. The first-order chi connectivity index (χ1) is 23.9. The van der Waals surface area contributed by atoms with E-state index in [1.807, 2.05) is 0 Å². The van der Waals surface area contributed by atoms with E-state index < -0.39 is 5.41 Å². The SMILES string of the molecule is Cc1cc(C)c2c(c1)CN(c1ccc(C3(c4ccc(N5COc6c(C)cc(C)cc6C5)cc4)c4ccccc4-c4ccccc43)cc1)CO2. The van der Waals surface area contributed by atoms with Crippen LogP contribution in [0.5, 0.6) is 11.5 Å². The summed E-state index contributed by atoms with van der Waals surface area (Å²) in [6.45, 7) is 11.3. The van der Waals surface area contributed by atoms with E-state index >= 15 is 0 Å². The van der Waals surface area contributed by atoms with E-state index in [0.29, 0.717) is 13.5 Å². The Morgan fingerprint density at radius 1 is 0.490 bits per heavy atom. The van der Waals surface area contributed by atoms with Crippen molar-refractivity contribution in [1.82, 2.24) is 0 Å². The van der Waals surface area contributed by atoms with E-state index in [9.17, 15) is 0 Å². The number of benzene rings is 6. The average molecular weight is 641 g/mol. The Hall–Kier alpha value is -5.48. The number of ether oxygens (including phenoxy) is 2. The molecule has 6 aromatic carbocycles. The Labute approximate surface area is 289 Å². The zero-order valence-corrected chi connectivity index (χ0v) is 28.6. The summed E-state index contributed by atoms with van der Waals surface area (Å²) >= 11 is 0. The summed E-state index contributed by atoms with van der Waals surface area (Å²) in [4.78, 5) is 4.65. The van der Waals surface area contributed by atoms with Gasteiger partial charge < -0.3 is 19.3 Å². The van der Waals surface area contributed by atoms with Gasteiger partial charge in [-0.25, -0.2) is 0 Å². The lowest BCUT2D eigenvalue weighted by atomic mass is 9.67. The van der Waals surface area contributed by atoms with Crippen LogP contribution in [-0.2, 0) is 18.5 Å². The maximum Gasteiger partial charge on any atom is 0.161 e. The maximum atomic E-state index is 6.29. The molecule has 2 heterocycles. The van der Waals surface area contributed by atoms with Gasteiger partial charge in [0.1, 0.15) is 11.5 Å². The molecule has 6 aromatic rings. The van der Waals surface area contributed by atoms with Crippen molar-refractivity contribution in [3.63, 3.8) is 0 Å². The van der Waals surface area contributed by atoms with Gasteiger partial charge in [-0.1, -0.05) is 108 Å². The number of hydrogen-bond acceptors (Lipinski definition) is 4. The van der Waals surface area contributed by atoms with Crippen molar-refractivity contribution in [3.8, 4) is 22.6 Å². The predicted molar refractivity (Wildman–Crippen MR) is 199 cm³/mol. The number of anilines is 2. The summed E-state index contributed by atoms with van der Waals surface area (Å²) in [6.07, 6.45) is 0. The van der Waals surface area contributed by atoms with Crippen molar-refractivity contribution in [1.29, 1.82) is 0 Å². The third-order valence-corrected chi connectivity index (χ3v) is 10.7. The Morgan fingerprint density at radius 3 is 1.33 bits per heavy atom. The first-order valence-corrected chi connectivity index (χ1v) is 17.3. The Kier molecular flexibility index (Phi) is 6.84. The van der Waals surface area contributed by atoms with Gasteiger partial charge in [0.25, 0.3) is 0 Å². The van der Waals surface area contributed by atoms with Crippen molar-refractivity contribution in [2.75, 3.05) is 23.3 Å². The molecule has 1 aliphatic carbocycles. The second kappa shape index (κ2) is 11.3. The summed E-state index contributed by atoms with van der Waals surface area (Å²) in [5.74, 6) is 2.07. The van der Waals surface area contributed by atoms with E-state index in [0.717, 1.165) is 36.0 Å². The molecule has 0 saturated carbocycles. The van der Waals surface area contributed by atoms with E-state index in [4.69, 9.17) is 9.47 Å². The molecule has 0 saturated heterocycles. The molecule has 0 spiro atoms. The zero-order valence-electron chi connectivity index (χ0n) is 28.6. The monoisotopic (exact) mass is 640 g/mol. The maximum absolute atomic E-state index is 6.29. The molecule has 0 fully saturated rings. The van der Waals surface area contributed by atoms with Crippen molar-refractivity contribution >= 4 is 11.4 Å². The van der Waals surface area contributed by atoms with Crippen LogP contribution >= 0.6 is 0 Å². The largest absolute Gasteiger partial charge is 0.472 e. The molecule has 0 bridgehead atoms. The van der Waals surface area contributed by atoms with Crippen LogP contribution in [0.3, 0.4) is 0 Å². The summed E-state index contributed by atoms with van der Waals surface area (Å²) in [5, 5.41) is 0. The highest BCUT2D eigenvalue weighted by Gasteiger charge is 2.46. The number of nitrogens with zero attached hydrogens (tertiary/aromatic N) is 2. The minimum Gasteiger partial charge on any atom is -0.472 e. The second-order valence-corrected chi connectivity index (χ2v) is 14.0. The van der Waals surface area contributed by atoms with Gasteiger partial charge in [-0.05, 0) is 96.5 Å². The van der Waals surface area contributed by atoms with Gasteiger partial charge in [-0.15, -0.1) is 0 Å². The number of aryl methyl sites for hydroxylation is 4. The van der Waals surface area contributed by atoms with Crippen LogP contribution in [0.15, 0.2) is 121 Å². The molecule has 0 amide bonds. The number of rotatable bonds is 4. The highest BCUT2D eigenvalue weighted by atomic mass is 16.5. The smallest absolute Gasteiger partial charge is 0.161 e. The van der Waals surface area contributed by atoms with Gasteiger partial charge in [0.15, 0.2) is 13.5 Å². The van der Waals surface area contributed by atoms with Gasteiger partial charge in [-0.3, -0.25) is 0 Å².